The first-order valence-electron chi connectivity index (χ1n) is 7.02. The molecular weight excluding hydrogens is 276 g/mol. The SMILES string of the molecule is CCC(=O)c1cc(-n2cc(C#N)c(-c3ccccc3)c2)co1. The number of nitrogens with zero attached hydrogens (tertiary/aromatic N) is 2. The number of Topliss-reactive ketones (excluding diaryl/α,β-unsaturated/α-hetero) is 1. The molecule has 3 rings (SSSR count). The Hall–Kier alpha value is -3.06. The zero-order valence-corrected chi connectivity index (χ0v) is 12.1. The van der Waals surface area contributed by atoms with Crippen molar-refractivity contribution in [3.05, 3.63) is 66.4 Å². The first-order chi connectivity index (χ1) is 10.7. The van der Waals surface area contributed by atoms with Crippen LogP contribution in [0.15, 0.2) is 59.5 Å². The zero-order valence-electron chi connectivity index (χ0n) is 12.1. The van der Waals surface area contributed by atoms with Crippen molar-refractivity contribution in [2.24, 2.45) is 0 Å². The van der Waals surface area contributed by atoms with Crippen molar-refractivity contribution in [1.29, 1.82) is 5.26 Å². The molecule has 0 aliphatic rings. The molecule has 22 heavy (non-hydrogen) atoms. The van der Waals surface area contributed by atoms with Crippen LogP contribution in [-0.4, -0.2) is 10.4 Å². The molecule has 0 spiro atoms. The van der Waals surface area contributed by atoms with Crippen LogP contribution in [0, 0.1) is 11.3 Å². The van der Waals surface area contributed by atoms with Gasteiger partial charge in [-0.2, -0.15) is 5.26 Å². The normalized spacial score (nSPS) is 10.4. The number of hydrogen-bond acceptors (Lipinski definition) is 3. The fourth-order valence-corrected chi connectivity index (χ4v) is 2.32. The number of ketones is 1. The van der Waals surface area contributed by atoms with Gasteiger partial charge in [-0.15, -0.1) is 0 Å². The van der Waals surface area contributed by atoms with Crippen LogP contribution in [0.25, 0.3) is 16.8 Å². The lowest BCUT2D eigenvalue weighted by Gasteiger charge is -1.98. The summed E-state index contributed by atoms with van der Waals surface area (Å²) < 4.78 is 7.11. The summed E-state index contributed by atoms with van der Waals surface area (Å²) in [4.78, 5) is 11.7. The van der Waals surface area contributed by atoms with Crippen LogP contribution < -0.4 is 0 Å². The summed E-state index contributed by atoms with van der Waals surface area (Å²) >= 11 is 0. The Morgan fingerprint density at radius 2 is 2.05 bits per heavy atom. The van der Waals surface area contributed by atoms with Crippen LogP contribution in [-0.2, 0) is 0 Å². The summed E-state index contributed by atoms with van der Waals surface area (Å²) in [6.45, 7) is 1.79. The van der Waals surface area contributed by atoms with Gasteiger partial charge in [0.05, 0.1) is 11.3 Å². The van der Waals surface area contributed by atoms with E-state index in [1.807, 2.05) is 36.5 Å². The summed E-state index contributed by atoms with van der Waals surface area (Å²) in [5, 5.41) is 9.33. The Bertz CT molecular complexity index is 851. The van der Waals surface area contributed by atoms with Crippen molar-refractivity contribution in [3.8, 4) is 22.9 Å². The molecule has 0 unspecified atom stereocenters. The number of carbonyl (C=O) groups is 1. The number of carbonyl (C=O) groups excluding carboxylic acids is 1. The molecule has 0 radical (unpaired) electrons. The molecule has 0 saturated heterocycles. The quantitative estimate of drug-likeness (QED) is 0.676. The fourth-order valence-electron chi connectivity index (χ4n) is 2.32. The van der Waals surface area contributed by atoms with E-state index in [9.17, 15) is 10.1 Å². The number of benzene rings is 1. The number of nitriles is 1. The Labute approximate surface area is 128 Å². The van der Waals surface area contributed by atoms with Crippen molar-refractivity contribution in [3.63, 3.8) is 0 Å². The topological polar surface area (TPSA) is 58.9 Å². The standard InChI is InChI=1S/C18H14N2O2/c1-2-17(21)18-8-15(12-22-18)20-10-14(9-19)16(11-20)13-6-4-3-5-7-13/h3-8,10-12H,2H2,1H3. The lowest BCUT2D eigenvalue weighted by Crippen LogP contribution is -1.93. The third-order valence-electron chi connectivity index (χ3n) is 3.51. The molecule has 108 valence electrons. The summed E-state index contributed by atoms with van der Waals surface area (Å²) in [6, 6.07) is 13.6. The van der Waals surface area contributed by atoms with Crippen LogP contribution in [0.1, 0.15) is 29.5 Å². The van der Waals surface area contributed by atoms with E-state index in [2.05, 4.69) is 6.07 Å². The number of hydrogen-bond donors (Lipinski definition) is 0. The van der Waals surface area contributed by atoms with Crippen LogP contribution in [0.4, 0.5) is 0 Å². The third kappa shape index (κ3) is 2.45. The Morgan fingerprint density at radius 3 is 2.73 bits per heavy atom. The van der Waals surface area contributed by atoms with Crippen molar-refractivity contribution in [1.82, 2.24) is 4.57 Å². The molecule has 3 aromatic rings. The molecule has 0 N–H and O–H groups in total. The van der Waals surface area contributed by atoms with E-state index in [0.717, 1.165) is 16.8 Å². The minimum atomic E-state index is -0.0396. The van der Waals surface area contributed by atoms with Crippen molar-refractivity contribution in [2.45, 2.75) is 13.3 Å². The maximum atomic E-state index is 11.7. The smallest absolute Gasteiger partial charge is 0.197 e. The molecule has 0 bridgehead atoms. The predicted molar refractivity (Wildman–Crippen MR) is 82.8 cm³/mol. The van der Waals surface area contributed by atoms with Crippen LogP contribution in [0.2, 0.25) is 0 Å². The molecule has 1 aromatic carbocycles. The van der Waals surface area contributed by atoms with Gasteiger partial charge in [-0.05, 0) is 5.56 Å². The molecule has 0 aliphatic heterocycles. The van der Waals surface area contributed by atoms with Crippen LogP contribution in [0.3, 0.4) is 0 Å². The van der Waals surface area contributed by atoms with E-state index >= 15 is 0 Å². The zero-order chi connectivity index (χ0) is 15.5. The molecule has 0 amide bonds. The van der Waals surface area contributed by atoms with Crippen molar-refractivity contribution < 1.29 is 9.21 Å². The van der Waals surface area contributed by atoms with Crippen LogP contribution >= 0.6 is 0 Å². The van der Waals surface area contributed by atoms with E-state index in [1.165, 1.54) is 6.26 Å². The van der Waals surface area contributed by atoms with Gasteiger partial charge in [0.2, 0.25) is 0 Å². The molecule has 0 saturated carbocycles. The minimum Gasteiger partial charge on any atom is -0.459 e. The summed E-state index contributed by atoms with van der Waals surface area (Å²) in [7, 11) is 0. The molecule has 0 atom stereocenters. The van der Waals surface area contributed by atoms with Crippen LogP contribution in [0.5, 0.6) is 0 Å². The summed E-state index contributed by atoms with van der Waals surface area (Å²) in [5.41, 5.74) is 3.14. The third-order valence-corrected chi connectivity index (χ3v) is 3.51. The van der Waals surface area contributed by atoms with Gasteiger partial charge in [0, 0.05) is 30.4 Å². The lowest BCUT2D eigenvalue weighted by atomic mass is 10.1. The van der Waals surface area contributed by atoms with Crippen molar-refractivity contribution in [2.75, 3.05) is 0 Å². The van der Waals surface area contributed by atoms with Crippen molar-refractivity contribution >= 4 is 5.78 Å². The summed E-state index contributed by atoms with van der Waals surface area (Å²) in [5.74, 6) is 0.299. The second-order valence-corrected chi connectivity index (χ2v) is 4.92. The molecule has 4 heteroatoms. The van der Waals surface area contributed by atoms with Gasteiger partial charge < -0.3 is 8.98 Å². The Balaban J connectivity index is 2.03. The van der Waals surface area contributed by atoms with Gasteiger partial charge in [-0.1, -0.05) is 37.3 Å². The fraction of sp³-hybridized carbons (Fsp3) is 0.111. The lowest BCUT2D eigenvalue weighted by molar-refractivity contribution is 0.0961. The van der Waals surface area contributed by atoms with Gasteiger partial charge in [0.25, 0.3) is 0 Å². The van der Waals surface area contributed by atoms with Gasteiger partial charge in [0.1, 0.15) is 12.3 Å². The largest absolute Gasteiger partial charge is 0.459 e. The number of aromatic nitrogens is 1. The molecule has 2 heterocycles. The second kappa shape index (κ2) is 5.74. The molecule has 0 fully saturated rings. The highest BCUT2D eigenvalue weighted by molar-refractivity contribution is 5.93. The van der Waals surface area contributed by atoms with E-state index in [-0.39, 0.29) is 5.78 Å². The summed E-state index contributed by atoms with van der Waals surface area (Å²) in [6.07, 6.45) is 5.54. The first-order valence-corrected chi connectivity index (χ1v) is 7.02. The molecular formula is C18H14N2O2. The van der Waals surface area contributed by atoms with E-state index in [4.69, 9.17) is 4.42 Å². The highest BCUT2D eigenvalue weighted by atomic mass is 16.3. The van der Waals surface area contributed by atoms with E-state index in [1.54, 1.807) is 23.8 Å². The Kier molecular flexibility index (Phi) is 3.63. The maximum absolute atomic E-state index is 11.7. The predicted octanol–water partition coefficient (Wildman–Crippen LogP) is 4.20. The molecule has 4 nitrogen and oxygen atoms in total. The molecule has 2 aromatic heterocycles. The average molecular weight is 290 g/mol. The highest BCUT2D eigenvalue weighted by Crippen LogP contribution is 2.26. The Morgan fingerprint density at radius 1 is 1.27 bits per heavy atom. The highest BCUT2D eigenvalue weighted by Gasteiger charge is 2.13. The average Bonchev–Trinajstić information content (AvgIpc) is 3.21. The minimum absolute atomic E-state index is 0.0396. The monoisotopic (exact) mass is 290 g/mol. The number of furan rings is 1. The van der Waals surface area contributed by atoms with Gasteiger partial charge >= 0.3 is 0 Å². The number of rotatable bonds is 4. The van der Waals surface area contributed by atoms with Gasteiger partial charge in [-0.25, -0.2) is 0 Å². The van der Waals surface area contributed by atoms with E-state index < -0.39 is 0 Å². The van der Waals surface area contributed by atoms with Gasteiger partial charge in [0.15, 0.2) is 11.5 Å². The maximum Gasteiger partial charge on any atom is 0.197 e. The van der Waals surface area contributed by atoms with E-state index in [0.29, 0.717) is 17.7 Å². The van der Waals surface area contributed by atoms with Gasteiger partial charge in [-0.3, -0.25) is 4.79 Å². The second-order valence-electron chi connectivity index (χ2n) is 4.92. The molecule has 0 aliphatic carbocycles. The first kappa shape index (κ1) is 13.9.